The monoisotopic (exact) mass is 216 g/mol. The molecule has 0 radical (unpaired) electrons. The molecule has 0 fully saturated rings. The molecule has 16 heavy (non-hydrogen) atoms. The summed E-state index contributed by atoms with van der Waals surface area (Å²) in [5.74, 6) is 0.960. The van der Waals surface area contributed by atoms with E-state index in [1.807, 2.05) is 6.07 Å². The van der Waals surface area contributed by atoms with Crippen LogP contribution >= 0.6 is 0 Å². The number of nitrogen functional groups attached to an aromatic ring is 1. The van der Waals surface area contributed by atoms with Gasteiger partial charge < -0.3 is 5.73 Å². The van der Waals surface area contributed by atoms with E-state index in [-0.39, 0.29) is 5.95 Å². The molecule has 0 bridgehead atoms. The third kappa shape index (κ3) is 1.67. The molecule has 6 nitrogen and oxygen atoms in total. The van der Waals surface area contributed by atoms with Crippen LogP contribution in [0.2, 0.25) is 0 Å². The molecule has 0 amide bonds. The molecule has 0 aliphatic heterocycles. The summed E-state index contributed by atoms with van der Waals surface area (Å²) in [6.45, 7) is 2.10. The lowest BCUT2D eigenvalue weighted by atomic mass is 10.2. The van der Waals surface area contributed by atoms with Crippen molar-refractivity contribution in [1.82, 2.24) is 19.6 Å². The maximum atomic E-state index is 8.90. The molecule has 0 saturated carbocycles. The zero-order valence-corrected chi connectivity index (χ0v) is 9.01. The average Bonchev–Trinajstić information content (AvgIpc) is 2.72. The topological polar surface area (TPSA) is 92.9 Å². The fourth-order valence-electron chi connectivity index (χ4n) is 1.45. The summed E-state index contributed by atoms with van der Waals surface area (Å²) in [5, 5.41) is 13.1. The van der Waals surface area contributed by atoms with Crippen LogP contribution in [0.15, 0.2) is 6.20 Å². The molecule has 82 valence electrons. The number of nitrogens with two attached hydrogens (primary N) is 1. The van der Waals surface area contributed by atoms with Gasteiger partial charge >= 0.3 is 0 Å². The number of unbranched alkanes of at least 4 members (excludes halogenated alkanes) is 1. The first-order valence-corrected chi connectivity index (χ1v) is 5.16. The molecule has 0 atom stereocenters. The van der Waals surface area contributed by atoms with E-state index in [2.05, 4.69) is 22.0 Å². The van der Waals surface area contributed by atoms with Crippen molar-refractivity contribution in [3.05, 3.63) is 17.6 Å². The first-order chi connectivity index (χ1) is 7.76. The fraction of sp³-hybridized carbons (Fsp3) is 0.400. The number of aromatic nitrogens is 4. The lowest BCUT2D eigenvalue weighted by molar-refractivity contribution is 0.747. The third-order valence-corrected chi connectivity index (χ3v) is 2.31. The van der Waals surface area contributed by atoms with Gasteiger partial charge in [0.25, 0.3) is 0 Å². The predicted molar refractivity (Wildman–Crippen MR) is 58.5 cm³/mol. The van der Waals surface area contributed by atoms with Crippen molar-refractivity contribution in [2.24, 2.45) is 0 Å². The summed E-state index contributed by atoms with van der Waals surface area (Å²) >= 11 is 0. The van der Waals surface area contributed by atoms with Crippen molar-refractivity contribution >= 4 is 11.6 Å². The van der Waals surface area contributed by atoms with Crippen LogP contribution in [-0.2, 0) is 6.42 Å². The van der Waals surface area contributed by atoms with Crippen molar-refractivity contribution in [3.63, 3.8) is 0 Å². The Labute approximate surface area is 92.7 Å². The van der Waals surface area contributed by atoms with E-state index in [0.29, 0.717) is 17.0 Å². The van der Waals surface area contributed by atoms with Gasteiger partial charge in [0.15, 0.2) is 11.5 Å². The first-order valence-electron chi connectivity index (χ1n) is 5.16. The number of anilines is 1. The summed E-state index contributed by atoms with van der Waals surface area (Å²) in [4.78, 5) is 8.18. The van der Waals surface area contributed by atoms with E-state index in [1.165, 1.54) is 10.7 Å². The highest BCUT2D eigenvalue weighted by Crippen LogP contribution is 2.11. The van der Waals surface area contributed by atoms with Crippen molar-refractivity contribution < 1.29 is 0 Å². The van der Waals surface area contributed by atoms with Crippen molar-refractivity contribution in [2.45, 2.75) is 26.2 Å². The maximum Gasteiger partial charge on any atom is 0.223 e. The molecule has 2 aromatic rings. The lowest BCUT2D eigenvalue weighted by Gasteiger charge is -1.95. The van der Waals surface area contributed by atoms with Gasteiger partial charge in [0, 0.05) is 6.42 Å². The van der Waals surface area contributed by atoms with Crippen molar-refractivity contribution in [1.29, 1.82) is 5.26 Å². The van der Waals surface area contributed by atoms with Gasteiger partial charge in [0.2, 0.25) is 5.95 Å². The second-order valence-electron chi connectivity index (χ2n) is 3.51. The quantitative estimate of drug-likeness (QED) is 0.823. The van der Waals surface area contributed by atoms with Crippen molar-refractivity contribution in [3.8, 4) is 6.07 Å². The van der Waals surface area contributed by atoms with Gasteiger partial charge in [0.05, 0.1) is 6.20 Å². The number of fused-ring (bicyclic) bond motifs is 1. The predicted octanol–water partition coefficient (Wildman–Crippen LogP) is 0.921. The van der Waals surface area contributed by atoms with Crippen LogP contribution in [-0.4, -0.2) is 19.6 Å². The standard InChI is InChI=1S/C10H12N6/c1-2-3-4-8-14-9-7(5-11)6-13-10(12)16(9)15-8/h6H,2-4H2,1H3,(H2,12,13). The normalized spacial score (nSPS) is 10.5. The number of nitrogens with zero attached hydrogens (tertiary/aromatic N) is 5. The van der Waals surface area contributed by atoms with Crippen LogP contribution in [0.4, 0.5) is 5.95 Å². The molecule has 2 rings (SSSR count). The summed E-state index contributed by atoms with van der Waals surface area (Å²) < 4.78 is 1.42. The largest absolute Gasteiger partial charge is 0.368 e. The van der Waals surface area contributed by atoms with E-state index in [9.17, 15) is 0 Å². The van der Waals surface area contributed by atoms with Crippen LogP contribution in [0.5, 0.6) is 0 Å². The van der Waals surface area contributed by atoms with Crippen LogP contribution in [0, 0.1) is 11.3 Å². The molecular weight excluding hydrogens is 204 g/mol. The minimum Gasteiger partial charge on any atom is -0.368 e. The molecule has 0 saturated heterocycles. The molecular formula is C10H12N6. The zero-order valence-electron chi connectivity index (χ0n) is 9.01. The Bertz CT molecular complexity index is 550. The molecule has 6 heteroatoms. The molecule has 2 N–H and O–H groups in total. The summed E-state index contributed by atoms with van der Waals surface area (Å²) in [6.07, 6.45) is 4.31. The average molecular weight is 216 g/mol. The third-order valence-electron chi connectivity index (χ3n) is 2.31. The molecule has 2 aromatic heterocycles. The SMILES string of the molecule is CCCCc1nc2c(C#N)cnc(N)n2n1. The van der Waals surface area contributed by atoms with Crippen LogP contribution in [0.3, 0.4) is 0 Å². The lowest BCUT2D eigenvalue weighted by Crippen LogP contribution is -2.03. The van der Waals surface area contributed by atoms with Gasteiger partial charge in [-0.1, -0.05) is 13.3 Å². The Hall–Kier alpha value is -2.16. The molecule has 0 spiro atoms. The van der Waals surface area contributed by atoms with E-state index in [1.54, 1.807) is 0 Å². The van der Waals surface area contributed by atoms with Crippen LogP contribution in [0.25, 0.3) is 5.65 Å². The van der Waals surface area contributed by atoms with E-state index in [0.717, 1.165) is 19.3 Å². The Balaban J connectivity index is 2.51. The number of aryl methyl sites for hydroxylation is 1. The van der Waals surface area contributed by atoms with Crippen LogP contribution < -0.4 is 5.73 Å². The number of nitriles is 1. The Kier molecular flexibility index (Phi) is 2.68. The smallest absolute Gasteiger partial charge is 0.223 e. The number of hydrogen-bond donors (Lipinski definition) is 1. The van der Waals surface area contributed by atoms with Crippen LogP contribution in [0.1, 0.15) is 31.2 Å². The Morgan fingerprint density at radius 3 is 3.06 bits per heavy atom. The van der Waals surface area contributed by atoms with Gasteiger partial charge in [-0.2, -0.15) is 9.78 Å². The minimum absolute atomic E-state index is 0.254. The zero-order chi connectivity index (χ0) is 11.5. The summed E-state index contributed by atoms with van der Waals surface area (Å²) in [5.41, 5.74) is 6.54. The molecule has 0 unspecified atom stereocenters. The van der Waals surface area contributed by atoms with E-state index >= 15 is 0 Å². The highest BCUT2D eigenvalue weighted by molar-refractivity contribution is 5.55. The van der Waals surface area contributed by atoms with E-state index < -0.39 is 0 Å². The Morgan fingerprint density at radius 1 is 1.56 bits per heavy atom. The highest BCUT2D eigenvalue weighted by atomic mass is 15.3. The molecule has 0 aliphatic rings. The number of hydrogen-bond acceptors (Lipinski definition) is 5. The maximum absolute atomic E-state index is 8.90. The van der Waals surface area contributed by atoms with E-state index in [4.69, 9.17) is 11.0 Å². The van der Waals surface area contributed by atoms with Gasteiger partial charge in [-0.25, -0.2) is 9.97 Å². The van der Waals surface area contributed by atoms with Gasteiger partial charge in [-0.15, -0.1) is 5.10 Å². The minimum atomic E-state index is 0.254. The van der Waals surface area contributed by atoms with Gasteiger partial charge in [-0.05, 0) is 6.42 Å². The van der Waals surface area contributed by atoms with Gasteiger partial charge in [0.1, 0.15) is 11.6 Å². The fourth-order valence-corrected chi connectivity index (χ4v) is 1.45. The number of rotatable bonds is 3. The first kappa shape index (κ1) is 10.4. The Morgan fingerprint density at radius 2 is 2.38 bits per heavy atom. The van der Waals surface area contributed by atoms with Crippen molar-refractivity contribution in [2.75, 3.05) is 5.73 Å². The van der Waals surface area contributed by atoms with Gasteiger partial charge in [-0.3, -0.25) is 0 Å². The molecule has 0 aromatic carbocycles. The second-order valence-corrected chi connectivity index (χ2v) is 3.51. The summed E-state index contributed by atoms with van der Waals surface area (Å²) in [7, 11) is 0. The second kappa shape index (κ2) is 4.14. The highest BCUT2D eigenvalue weighted by Gasteiger charge is 2.10. The summed E-state index contributed by atoms with van der Waals surface area (Å²) in [6, 6.07) is 2.03. The molecule has 0 aliphatic carbocycles. The molecule has 2 heterocycles.